The molecule has 0 aliphatic heterocycles. The standard InChI is InChI=1S/C28H36N2O5/c1-18(26(33)30-24(16-25(31)32)28(2,3)4)10-9-15-29-27(34)35-17-23-21-13-7-5-11-19(21)20-12-6-8-14-22(20)23/h5-8,11-14,18,23-24H,9-10,15-17H2,1-4H3,(H,29,34)(H,30,33)(H,31,32). The fraction of sp³-hybridized carbons (Fsp3) is 0.464. The molecule has 0 radical (unpaired) electrons. The van der Waals surface area contributed by atoms with Gasteiger partial charge >= 0.3 is 12.1 Å². The molecule has 7 nitrogen and oxygen atoms in total. The quantitative estimate of drug-likeness (QED) is 0.418. The monoisotopic (exact) mass is 480 g/mol. The highest BCUT2D eigenvalue weighted by Gasteiger charge is 2.30. The van der Waals surface area contributed by atoms with E-state index in [9.17, 15) is 14.4 Å². The first-order chi connectivity index (χ1) is 16.6. The number of aliphatic carboxylic acids is 1. The third-order valence-corrected chi connectivity index (χ3v) is 6.62. The highest BCUT2D eigenvalue weighted by Crippen LogP contribution is 2.44. The van der Waals surface area contributed by atoms with Crippen molar-refractivity contribution in [3.63, 3.8) is 0 Å². The highest BCUT2D eigenvalue weighted by molar-refractivity contribution is 5.80. The Balaban J connectivity index is 1.42. The van der Waals surface area contributed by atoms with E-state index in [1.807, 2.05) is 52.0 Å². The lowest BCUT2D eigenvalue weighted by atomic mass is 9.84. The summed E-state index contributed by atoms with van der Waals surface area (Å²) in [6.07, 6.45) is 0.584. The summed E-state index contributed by atoms with van der Waals surface area (Å²) in [5.41, 5.74) is 4.33. The molecule has 35 heavy (non-hydrogen) atoms. The summed E-state index contributed by atoms with van der Waals surface area (Å²) in [4.78, 5) is 36.0. The maximum atomic E-state index is 12.5. The van der Waals surface area contributed by atoms with E-state index >= 15 is 0 Å². The van der Waals surface area contributed by atoms with Gasteiger partial charge in [0.25, 0.3) is 0 Å². The summed E-state index contributed by atoms with van der Waals surface area (Å²) in [6, 6.07) is 15.9. The molecule has 2 amide bonds. The second-order valence-electron chi connectivity index (χ2n) is 10.3. The Labute approximate surface area is 207 Å². The molecule has 1 aliphatic rings. The molecule has 3 N–H and O–H groups in total. The second-order valence-corrected chi connectivity index (χ2v) is 10.3. The Morgan fingerprint density at radius 1 is 1.00 bits per heavy atom. The van der Waals surface area contributed by atoms with Crippen LogP contribution in [0.25, 0.3) is 11.1 Å². The number of amides is 2. The molecule has 2 atom stereocenters. The van der Waals surface area contributed by atoms with Gasteiger partial charge in [0.1, 0.15) is 6.61 Å². The van der Waals surface area contributed by atoms with Gasteiger partial charge in [-0.05, 0) is 40.5 Å². The number of rotatable bonds is 10. The molecule has 3 rings (SSSR count). The van der Waals surface area contributed by atoms with E-state index in [4.69, 9.17) is 9.84 Å². The van der Waals surface area contributed by atoms with Crippen molar-refractivity contribution in [2.24, 2.45) is 11.3 Å². The van der Waals surface area contributed by atoms with Crippen LogP contribution in [0.15, 0.2) is 48.5 Å². The number of ether oxygens (including phenoxy) is 1. The van der Waals surface area contributed by atoms with E-state index in [1.54, 1.807) is 0 Å². The van der Waals surface area contributed by atoms with Crippen LogP contribution in [0.4, 0.5) is 4.79 Å². The minimum atomic E-state index is -0.940. The van der Waals surface area contributed by atoms with E-state index in [1.165, 1.54) is 11.1 Å². The molecule has 0 fully saturated rings. The topological polar surface area (TPSA) is 105 Å². The van der Waals surface area contributed by atoms with Gasteiger partial charge in [-0.1, -0.05) is 76.2 Å². The Hall–Kier alpha value is -3.35. The SMILES string of the molecule is CC(CCCNC(=O)OCC1c2ccccc2-c2ccccc21)C(=O)NC(CC(=O)O)C(C)(C)C. The molecule has 0 saturated carbocycles. The highest BCUT2D eigenvalue weighted by atomic mass is 16.5. The number of alkyl carbamates (subject to hydrolysis) is 1. The molecule has 0 spiro atoms. The van der Waals surface area contributed by atoms with Crippen molar-refractivity contribution < 1.29 is 24.2 Å². The van der Waals surface area contributed by atoms with Crippen LogP contribution in [-0.4, -0.2) is 42.3 Å². The van der Waals surface area contributed by atoms with Gasteiger partial charge in [0, 0.05) is 24.4 Å². The molecule has 0 saturated heterocycles. The van der Waals surface area contributed by atoms with Crippen molar-refractivity contribution in [1.29, 1.82) is 0 Å². The Morgan fingerprint density at radius 3 is 2.11 bits per heavy atom. The molecular weight excluding hydrogens is 444 g/mol. The fourth-order valence-corrected chi connectivity index (χ4v) is 4.44. The normalized spacial score (nSPS) is 14.4. The average Bonchev–Trinajstić information content (AvgIpc) is 3.12. The minimum Gasteiger partial charge on any atom is -0.481 e. The third-order valence-electron chi connectivity index (χ3n) is 6.62. The predicted octanol–water partition coefficient (Wildman–Crippen LogP) is 4.95. The van der Waals surface area contributed by atoms with Gasteiger partial charge in [0.05, 0.1) is 6.42 Å². The van der Waals surface area contributed by atoms with Crippen molar-refractivity contribution in [2.45, 2.75) is 58.9 Å². The maximum absolute atomic E-state index is 12.5. The predicted molar refractivity (Wildman–Crippen MR) is 135 cm³/mol. The zero-order chi connectivity index (χ0) is 25.6. The van der Waals surface area contributed by atoms with E-state index in [0.717, 1.165) is 11.1 Å². The third kappa shape index (κ3) is 6.84. The van der Waals surface area contributed by atoms with Crippen molar-refractivity contribution in [2.75, 3.05) is 13.2 Å². The molecule has 2 aromatic carbocycles. The lowest BCUT2D eigenvalue weighted by molar-refractivity contribution is -0.138. The van der Waals surface area contributed by atoms with Crippen molar-refractivity contribution in [3.05, 3.63) is 59.7 Å². The molecule has 2 aromatic rings. The van der Waals surface area contributed by atoms with Gasteiger partial charge in [0.15, 0.2) is 0 Å². The van der Waals surface area contributed by atoms with E-state index in [0.29, 0.717) is 19.4 Å². The van der Waals surface area contributed by atoms with E-state index < -0.39 is 18.1 Å². The number of fused-ring (bicyclic) bond motifs is 3. The molecule has 188 valence electrons. The van der Waals surface area contributed by atoms with Gasteiger partial charge in [0.2, 0.25) is 5.91 Å². The summed E-state index contributed by atoms with van der Waals surface area (Å²) in [5, 5.41) is 14.8. The second kappa shape index (κ2) is 11.4. The number of carbonyl (C=O) groups excluding carboxylic acids is 2. The van der Waals surface area contributed by atoms with Gasteiger partial charge in [-0.15, -0.1) is 0 Å². The van der Waals surface area contributed by atoms with Gasteiger partial charge in [-0.25, -0.2) is 4.79 Å². The molecule has 0 heterocycles. The Morgan fingerprint density at radius 2 is 1.57 bits per heavy atom. The summed E-state index contributed by atoms with van der Waals surface area (Å²) in [7, 11) is 0. The number of carbonyl (C=O) groups is 3. The first-order valence-electron chi connectivity index (χ1n) is 12.2. The van der Waals surface area contributed by atoms with Crippen molar-refractivity contribution >= 4 is 18.0 Å². The van der Waals surface area contributed by atoms with E-state index in [-0.39, 0.29) is 36.2 Å². The van der Waals surface area contributed by atoms with Gasteiger partial charge in [-0.3, -0.25) is 9.59 Å². The molecule has 2 unspecified atom stereocenters. The molecule has 0 aromatic heterocycles. The molecule has 7 heteroatoms. The molecular formula is C28H36N2O5. The first kappa shape index (κ1) is 26.3. The van der Waals surface area contributed by atoms with Crippen LogP contribution in [-0.2, 0) is 14.3 Å². The number of carboxylic acid groups (broad SMARTS) is 1. The van der Waals surface area contributed by atoms with Crippen LogP contribution < -0.4 is 10.6 Å². The summed E-state index contributed by atoms with van der Waals surface area (Å²) in [6.45, 7) is 8.18. The lowest BCUT2D eigenvalue weighted by Gasteiger charge is -2.31. The summed E-state index contributed by atoms with van der Waals surface area (Å²) >= 11 is 0. The van der Waals surface area contributed by atoms with Crippen molar-refractivity contribution in [3.8, 4) is 11.1 Å². The zero-order valence-electron chi connectivity index (χ0n) is 21.0. The number of benzene rings is 2. The van der Waals surface area contributed by atoms with Crippen LogP contribution in [0.3, 0.4) is 0 Å². The fourth-order valence-electron chi connectivity index (χ4n) is 4.44. The van der Waals surface area contributed by atoms with Crippen LogP contribution in [0, 0.1) is 11.3 Å². The number of carboxylic acids is 1. The van der Waals surface area contributed by atoms with E-state index in [2.05, 4.69) is 34.9 Å². The Bertz CT molecular complexity index is 1010. The van der Waals surface area contributed by atoms with Crippen LogP contribution in [0.1, 0.15) is 64.0 Å². The van der Waals surface area contributed by atoms with Crippen LogP contribution >= 0.6 is 0 Å². The zero-order valence-corrected chi connectivity index (χ0v) is 21.0. The van der Waals surface area contributed by atoms with Crippen molar-refractivity contribution in [1.82, 2.24) is 10.6 Å². The number of hydrogen-bond donors (Lipinski definition) is 3. The number of nitrogens with one attached hydrogen (secondary N) is 2. The summed E-state index contributed by atoms with van der Waals surface area (Å²) < 4.78 is 5.54. The van der Waals surface area contributed by atoms with Gasteiger partial charge < -0.3 is 20.5 Å². The average molecular weight is 481 g/mol. The van der Waals surface area contributed by atoms with Crippen LogP contribution in [0.5, 0.6) is 0 Å². The molecule has 0 bridgehead atoms. The molecule has 1 aliphatic carbocycles. The minimum absolute atomic E-state index is 0.0124. The smallest absolute Gasteiger partial charge is 0.407 e. The Kier molecular flexibility index (Phi) is 8.54. The lowest BCUT2D eigenvalue weighted by Crippen LogP contribution is -2.46. The van der Waals surface area contributed by atoms with Gasteiger partial charge in [-0.2, -0.15) is 0 Å². The van der Waals surface area contributed by atoms with Crippen LogP contribution in [0.2, 0.25) is 0 Å². The largest absolute Gasteiger partial charge is 0.481 e. The number of hydrogen-bond acceptors (Lipinski definition) is 4. The first-order valence-corrected chi connectivity index (χ1v) is 12.2. The summed E-state index contributed by atoms with van der Waals surface area (Å²) in [5.74, 6) is -1.39. The maximum Gasteiger partial charge on any atom is 0.407 e.